The molecule has 38 heavy (non-hydrogen) atoms. The van der Waals surface area contributed by atoms with E-state index in [1.165, 1.54) is 29.6 Å². The summed E-state index contributed by atoms with van der Waals surface area (Å²) in [7, 11) is -3.50. The zero-order valence-corrected chi connectivity index (χ0v) is 23.5. The number of benzene rings is 2. The van der Waals surface area contributed by atoms with Gasteiger partial charge >= 0.3 is 6.36 Å². The topological polar surface area (TPSA) is 93.7 Å². The Morgan fingerprint density at radius 2 is 1.61 bits per heavy atom. The average molecular weight is 591 g/mol. The van der Waals surface area contributed by atoms with Crippen molar-refractivity contribution >= 4 is 50.2 Å². The molecule has 0 saturated heterocycles. The molecule has 0 unspecified atom stereocenters. The lowest BCUT2D eigenvalue weighted by molar-refractivity contribution is -0.274. The van der Waals surface area contributed by atoms with E-state index in [0.29, 0.717) is 16.8 Å². The molecule has 0 saturated carbocycles. The maximum absolute atomic E-state index is 13.0. The van der Waals surface area contributed by atoms with Crippen molar-refractivity contribution in [1.82, 2.24) is 0 Å². The Hall–Kier alpha value is -2.96. The van der Waals surface area contributed by atoms with Crippen LogP contribution in [0.15, 0.2) is 47.8 Å². The molecule has 3 rings (SSSR count). The first-order valence-corrected chi connectivity index (χ1v) is 14.3. The van der Waals surface area contributed by atoms with Gasteiger partial charge in [-0.1, -0.05) is 25.4 Å². The fraction of sp³-hybridized carbons (Fsp3) is 0.320. The fourth-order valence-corrected chi connectivity index (χ4v) is 5.16. The number of hydrogen-bond donors (Lipinski definition) is 2. The molecular weight excluding hydrogens is 565 g/mol. The minimum absolute atomic E-state index is 0.205. The molecule has 0 fully saturated rings. The van der Waals surface area contributed by atoms with Crippen molar-refractivity contribution in [3.05, 3.63) is 68.9 Å². The van der Waals surface area contributed by atoms with E-state index in [1.54, 1.807) is 45.9 Å². The van der Waals surface area contributed by atoms with Gasteiger partial charge in [0, 0.05) is 27.6 Å². The number of carbonyl (C=O) groups is 1. The second-order valence-electron chi connectivity index (χ2n) is 9.29. The molecule has 0 atom stereocenters. The monoisotopic (exact) mass is 590 g/mol. The molecule has 7 nitrogen and oxygen atoms in total. The number of anilines is 2. The van der Waals surface area contributed by atoms with E-state index in [9.17, 15) is 26.4 Å². The normalized spacial score (nSPS) is 12.4. The number of hydrogen-bond acceptors (Lipinski definition) is 6. The van der Waals surface area contributed by atoms with Crippen molar-refractivity contribution in [3.8, 4) is 11.5 Å². The van der Waals surface area contributed by atoms with Gasteiger partial charge in [0.1, 0.15) is 11.5 Å². The molecule has 0 aliphatic rings. The second kappa shape index (κ2) is 11.0. The molecule has 3 aromatic rings. The molecule has 0 bridgehead atoms. The van der Waals surface area contributed by atoms with Crippen LogP contribution in [0.25, 0.3) is 0 Å². The van der Waals surface area contributed by atoms with Gasteiger partial charge in [-0.2, -0.15) is 0 Å². The quantitative estimate of drug-likeness (QED) is 0.279. The Kier molecular flexibility index (Phi) is 8.59. The summed E-state index contributed by atoms with van der Waals surface area (Å²) in [6.45, 7) is 7.08. The number of alkyl halides is 3. The number of ether oxygens (including phenoxy) is 2. The summed E-state index contributed by atoms with van der Waals surface area (Å²) < 4.78 is 73.9. The summed E-state index contributed by atoms with van der Waals surface area (Å²) in [5.74, 6) is -0.710. The van der Waals surface area contributed by atoms with Crippen molar-refractivity contribution < 1.29 is 35.9 Å². The van der Waals surface area contributed by atoms with Crippen molar-refractivity contribution in [1.29, 1.82) is 0 Å². The average Bonchev–Trinajstić information content (AvgIpc) is 3.18. The van der Waals surface area contributed by atoms with E-state index in [1.807, 2.05) is 0 Å². The highest BCUT2D eigenvalue weighted by Gasteiger charge is 2.33. The zero-order chi connectivity index (χ0) is 28.5. The van der Waals surface area contributed by atoms with Gasteiger partial charge in [-0.25, -0.2) is 8.42 Å². The Balaban J connectivity index is 1.94. The van der Waals surface area contributed by atoms with Gasteiger partial charge in [-0.3, -0.25) is 9.52 Å². The fourth-order valence-electron chi connectivity index (χ4n) is 3.57. The van der Waals surface area contributed by atoms with Gasteiger partial charge in [0.2, 0.25) is 10.0 Å². The molecule has 0 aliphatic carbocycles. The molecule has 2 aromatic carbocycles. The Bertz CT molecular complexity index is 1440. The molecule has 1 aromatic heterocycles. The standard InChI is InChI=1S/C25H26ClF3N2O5S2/c1-14(2)35-20-8-16(9-21(12-20)36-25(27,28)29)24(3,4)15-6-17(26)10-18(7-15)30-23(32)22-11-19(13-37-22)31-38(5,33)34/h6-14,31H,1-5H3,(H,30,32). The van der Waals surface area contributed by atoms with E-state index in [-0.39, 0.29) is 27.4 Å². The van der Waals surface area contributed by atoms with E-state index in [0.717, 1.165) is 17.6 Å². The summed E-state index contributed by atoms with van der Waals surface area (Å²) in [5.41, 5.74) is 0.781. The van der Waals surface area contributed by atoms with Gasteiger partial charge in [0.25, 0.3) is 5.91 Å². The predicted molar refractivity (Wildman–Crippen MR) is 143 cm³/mol. The maximum atomic E-state index is 13.0. The number of thiophene rings is 1. The predicted octanol–water partition coefficient (Wildman–Crippen LogP) is 7.04. The maximum Gasteiger partial charge on any atom is 0.573 e. The molecule has 0 radical (unpaired) electrons. The van der Waals surface area contributed by atoms with Crippen LogP contribution in [0.1, 0.15) is 48.5 Å². The third-order valence-electron chi connectivity index (χ3n) is 5.21. The lowest BCUT2D eigenvalue weighted by atomic mass is 9.78. The summed E-state index contributed by atoms with van der Waals surface area (Å²) in [5, 5.41) is 4.52. The first-order valence-electron chi connectivity index (χ1n) is 11.2. The van der Waals surface area contributed by atoms with Gasteiger partial charge in [0.05, 0.1) is 22.9 Å². The van der Waals surface area contributed by atoms with Gasteiger partial charge < -0.3 is 14.8 Å². The van der Waals surface area contributed by atoms with Crippen LogP contribution in [-0.4, -0.2) is 33.0 Å². The summed E-state index contributed by atoms with van der Waals surface area (Å²) in [6, 6.07) is 10.3. The Morgan fingerprint density at radius 3 is 2.21 bits per heavy atom. The molecule has 1 amide bonds. The lowest BCUT2D eigenvalue weighted by Gasteiger charge is -2.28. The molecule has 206 valence electrons. The van der Waals surface area contributed by atoms with Gasteiger partial charge in [-0.05, 0) is 61.4 Å². The largest absolute Gasteiger partial charge is 0.573 e. The zero-order valence-electron chi connectivity index (χ0n) is 21.1. The first-order chi connectivity index (χ1) is 17.4. The highest BCUT2D eigenvalue weighted by Crippen LogP contribution is 2.39. The Labute approximate surface area is 228 Å². The van der Waals surface area contributed by atoms with Crippen LogP contribution in [0.5, 0.6) is 11.5 Å². The number of halogens is 4. The second-order valence-corrected chi connectivity index (χ2v) is 12.4. The van der Waals surface area contributed by atoms with Crippen LogP contribution >= 0.6 is 22.9 Å². The first kappa shape index (κ1) is 29.6. The van der Waals surface area contributed by atoms with Crippen LogP contribution in [0.3, 0.4) is 0 Å². The van der Waals surface area contributed by atoms with Crippen molar-refractivity contribution in [3.63, 3.8) is 0 Å². The number of amides is 1. The molecular formula is C25H26ClF3N2O5S2. The molecule has 2 N–H and O–H groups in total. The summed E-state index contributed by atoms with van der Waals surface area (Å²) >= 11 is 7.39. The van der Waals surface area contributed by atoms with Crippen LogP contribution < -0.4 is 19.5 Å². The third kappa shape index (κ3) is 8.27. The van der Waals surface area contributed by atoms with Crippen LogP contribution in [0, 0.1) is 0 Å². The number of nitrogens with one attached hydrogen (secondary N) is 2. The van der Waals surface area contributed by atoms with E-state index in [2.05, 4.69) is 14.8 Å². The third-order valence-corrected chi connectivity index (χ3v) is 6.96. The summed E-state index contributed by atoms with van der Waals surface area (Å²) in [4.78, 5) is 13.1. The minimum Gasteiger partial charge on any atom is -0.491 e. The van der Waals surface area contributed by atoms with E-state index >= 15 is 0 Å². The molecule has 13 heteroatoms. The lowest BCUT2D eigenvalue weighted by Crippen LogP contribution is -2.22. The highest BCUT2D eigenvalue weighted by atomic mass is 35.5. The van der Waals surface area contributed by atoms with Crippen LogP contribution in [-0.2, 0) is 15.4 Å². The molecule has 0 aliphatic heterocycles. The van der Waals surface area contributed by atoms with E-state index in [4.69, 9.17) is 16.3 Å². The smallest absolute Gasteiger partial charge is 0.491 e. The number of carbonyl (C=O) groups excluding carboxylic acids is 1. The SMILES string of the molecule is CC(C)Oc1cc(OC(F)(F)F)cc(C(C)(C)c2cc(Cl)cc(NC(=O)c3cc(NS(C)(=O)=O)cs3)c2)c1. The minimum atomic E-state index is -4.89. The van der Waals surface area contributed by atoms with Crippen LogP contribution in [0.2, 0.25) is 5.02 Å². The van der Waals surface area contributed by atoms with Gasteiger partial charge in [0.15, 0.2) is 0 Å². The van der Waals surface area contributed by atoms with Crippen molar-refractivity contribution in [2.45, 2.75) is 45.6 Å². The number of sulfonamides is 1. The molecule has 1 heterocycles. The highest BCUT2D eigenvalue weighted by molar-refractivity contribution is 7.92. The number of rotatable bonds is 9. The van der Waals surface area contributed by atoms with Gasteiger partial charge in [-0.15, -0.1) is 24.5 Å². The molecule has 0 spiro atoms. The summed E-state index contributed by atoms with van der Waals surface area (Å²) in [6.07, 6.45) is -4.17. The van der Waals surface area contributed by atoms with Crippen molar-refractivity contribution in [2.24, 2.45) is 0 Å². The van der Waals surface area contributed by atoms with Crippen LogP contribution in [0.4, 0.5) is 24.5 Å². The van der Waals surface area contributed by atoms with E-state index < -0.39 is 33.5 Å². The van der Waals surface area contributed by atoms with Crippen molar-refractivity contribution in [2.75, 3.05) is 16.3 Å². The Morgan fingerprint density at radius 1 is 0.974 bits per heavy atom.